The Morgan fingerprint density at radius 3 is 2.79 bits per heavy atom. The highest BCUT2D eigenvalue weighted by molar-refractivity contribution is 6.20. The van der Waals surface area contributed by atoms with Gasteiger partial charge in [-0.3, -0.25) is 0 Å². The first-order chi connectivity index (χ1) is 6.59. The van der Waals surface area contributed by atoms with Crippen molar-refractivity contribution in [3.8, 4) is 0 Å². The Hall–Kier alpha value is -0.760. The molecule has 0 amide bonds. The van der Waals surface area contributed by atoms with Gasteiger partial charge in [-0.25, -0.2) is 4.98 Å². The highest BCUT2D eigenvalue weighted by Crippen LogP contribution is 2.11. The summed E-state index contributed by atoms with van der Waals surface area (Å²) in [6.45, 7) is 4.96. The Morgan fingerprint density at radius 1 is 1.50 bits per heavy atom. The maximum Gasteiger partial charge on any atom is 0.128 e. The first-order valence-electron chi connectivity index (χ1n) is 4.88. The number of hydrogen-bond acceptors (Lipinski definition) is 2. The molecule has 1 heterocycles. The van der Waals surface area contributed by atoms with Gasteiger partial charge in [-0.05, 0) is 32.4 Å². The van der Waals surface area contributed by atoms with Crippen molar-refractivity contribution in [1.82, 2.24) is 4.98 Å². The second kappa shape index (κ2) is 5.20. The fraction of sp³-hybridized carbons (Fsp3) is 0.545. The summed E-state index contributed by atoms with van der Waals surface area (Å²) >= 11 is 5.89. The van der Waals surface area contributed by atoms with Gasteiger partial charge in [0.25, 0.3) is 0 Å². The van der Waals surface area contributed by atoms with Crippen molar-refractivity contribution in [3.63, 3.8) is 0 Å². The van der Waals surface area contributed by atoms with Gasteiger partial charge in [0.1, 0.15) is 5.82 Å². The Morgan fingerprint density at radius 2 is 2.21 bits per heavy atom. The van der Waals surface area contributed by atoms with E-state index in [-0.39, 0.29) is 5.38 Å². The lowest BCUT2D eigenvalue weighted by atomic mass is 10.3. The standard InChI is InChI=1S/C11H17ClN2/c1-9(12)7-8-14(3)11-6-4-5-10(2)13-11/h4-6,9H,7-8H2,1-3H3. The van der Waals surface area contributed by atoms with E-state index in [4.69, 9.17) is 11.6 Å². The molecule has 14 heavy (non-hydrogen) atoms. The molecule has 0 saturated carbocycles. The summed E-state index contributed by atoms with van der Waals surface area (Å²) in [4.78, 5) is 6.56. The molecule has 0 spiro atoms. The predicted molar refractivity (Wildman–Crippen MR) is 62.2 cm³/mol. The summed E-state index contributed by atoms with van der Waals surface area (Å²) in [7, 11) is 2.04. The van der Waals surface area contributed by atoms with Crippen LogP contribution in [0.5, 0.6) is 0 Å². The Kier molecular flexibility index (Phi) is 4.21. The lowest BCUT2D eigenvalue weighted by Crippen LogP contribution is -2.21. The fourth-order valence-electron chi connectivity index (χ4n) is 1.23. The second-order valence-electron chi connectivity index (χ2n) is 3.63. The van der Waals surface area contributed by atoms with E-state index in [9.17, 15) is 0 Å². The third-order valence-electron chi connectivity index (χ3n) is 2.13. The predicted octanol–water partition coefficient (Wildman–Crippen LogP) is 2.84. The van der Waals surface area contributed by atoms with E-state index in [1.165, 1.54) is 0 Å². The van der Waals surface area contributed by atoms with Gasteiger partial charge in [-0.2, -0.15) is 0 Å². The van der Waals surface area contributed by atoms with Crippen molar-refractivity contribution in [2.75, 3.05) is 18.5 Å². The number of rotatable bonds is 4. The Balaban J connectivity index is 2.56. The number of nitrogens with zero attached hydrogens (tertiary/aromatic N) is 2. The van der Waals surface area contributed by atoms with Crippen LogP contribution in [0.3, 0.4) is 0 Å². The summed E-state index contributed by atoms with van der Waals surface area (Å²) in [5.41, 5.74) is 1.05. The molecule has 2 nitrogen and oxygen atoms in total. The summed E-state index contributed by atoms with van der Waals surface area (Å²) < 4.78 is 0. The van der Waals surface area contributed by atoms with Crippen molar-refractivity contribution in [3.05, 3.63) is 23.9 Å². The van der Waals surface area contributed by atoms with Crippen LogP contribution in [0, 0.1) is 6.92 Å². The molecular formula is C11H17ClN2. The van der Waals surface area contributed by atoms with Crippen LogP contribution in [0.4, 0.5) is 5.82 Å². The molecule has 0 fully saturated rings. The van der Waals surface area contributed by atoms with Gasteiger partial charge in [0.05, 0.1) is 0 Å². The van der Waals surface area contributed by atoms with E-state index >= 15 is 0 Å². The molecule has 1 atom stereocenters. The number of alkyl halides is 1. The Labute approximate surface area is 90.9 Å². The topological polar surface area (TPSA) is 16.1 Å². The summed E-state index contributed by atoms with van der Waals surface area (Å²) in [6, 6.07) is 6.05. The van der Waals surface area contributed by atoms with Crippen molar-refractivity contribution in [1.29, 1.82) is 0 Å². The van der Waals surface area contributed by atoms with E-state index in [0.717, 1.165) is 24.5 Å². The van der Waals surface area contributed by atoms with E-state index in [1.807, 2.05) is 39.1 Å². The molecule has 0 radical (unpaired) electrons. The highest BCUT2D eigenvalue weighted by Gasteiger charge is 2.03. The van der Waals surface area contributed by atoms with Crippen molar-refractivity contribution in [2.45, 2.75) is 25.6 Å². The lowest BCUT2D eigenvalue weighted by Gasteiger charge is -2.18. The first-order valence-corrected chi connectivity index (χ1v) is 5.32. The number of aromatic nitrogens is 1. The quantitative estimate of drug-likeness (QED) is 0.714. The number of pyridine rings is 1. The van der Waals surface area contributed by atoms with E-state index in [0.29, 0.717) is 0 Å². The number of anilines is 1. The highest BCUT2D eigenvalue weighted by atomic mass is 35.5. The molecule has 0 aromatic carbocycles. The van der Waals surface area contributed by atoms with Crippen molar-refractivity contribution in [2.24, 2.45) is 0 Å². The molecule has 1 rings (SSSR count). The zero-order valence-corrected chi connectivity index (χ0v) is 9.75. The van der Waals surface area contributed by atoms with Crippen LogP contribution < -0.4 is 4.90 Å². The Bertz CT molecular complexity index is 286. The van der Waals surface area contributed by atoms with Crippen molar-refractivity contribution < 1.29 is 0 Å². The fourth-order valence-corrected chi connectivity index (χ4v) is 1.32. The third kappa shape index (κ3) is 3.54. The largest absolute Gasteiger partial charge is 0.360 e. The van der Waals surface area contributed by atoms with Gasteiger partial charge < -0.3 is 4.90 Å². The van der Waals surface area contributed by atoms with Crippen LogP contribution >= 0.6 is 11.6 Å². The molecule has 0 bridgehead atoms. The first kappa shape index (κ1) is 11.3. The molecule has 1 aromatic heterocycles. The normalized spacial score (nSPS) is 12.6. The maximum absolute atomic E-state index is 5.89. The molecule has 1 aromatic rings. The number of aryl methyl sites for hydroxylation is 1. The van der Waals surface area contributed by atoms with Crippen LogP contribution in [0.1, 0.15) is 19.0 Å². The van der Waals surface area contributed by atoms with Crippen LogP contribution in [0.2, 0.25) is 0 Å². The van der Waals surface area contributed by atoms with E-state index in [2.05, 4.69) is 9.88 Å². The molecule has 0 aliphatic heterocycles. The minimum absolute atomic E-state index is 0.224. The maximum atomic E-state index is 5.89. The average Bonchev–Trinajstić information content (AvgIpc) is 2.14. The molecular weight excluding hydrogens is 196 g/mol. The van der Waals surface area contributed by atoms with Gasteiger partial charge in [0.2, 0.25) is 0 Å². The van der Waals surface area contributed by atoms with E-state index < -0.39 is 0 Å². The van der Waals surface area contributed by atoms with Crippen LogP contribution in [0.15, 0.2) is 18.2 Å². The summed E-state index contributed by atoms with van der Waals surface area (Å²) in [6.07, 6.45) is 0.980. The van der Waals surface area contributed by atoms with Gasteiger partial charge in [0, 0.05) is 24.7 Å². The van der Waals surface area contributed by atoms with Crippen LogP contribution in [0.25, 0.3) is 0 Å². The SMILES string of the molecule is Cc1cccc(N(C)CCC(C)Cl)n1. The third-order valence-corrected chi connectivity index (χ3v) is 2.35. The van der Waals surface area contributed by atoms with Crippen LogP contribution in [-0.2, 0) is 0 Å². The van der Waals surface area contributed by atoms with Gasteiger partial charge in [-0.15, -0.1) is 11.6 Å². The molecule has 3 heteroatoms. The molecule has 78 valence electrons. The molecule has 1 unspecified atom stereocenters. The van der Waals surface area contributed by atoms with Gasteiger partial charge in [0.15, 0.2) is 0 Å². The molecule has 0 N–H and O–H groups in total. The summed E-state index contributed by atoms with van der Waals surface area (Å²) in [5, 5.41) is 0.224. The van der Waals surface area contributed by atoms with Crippen LogP contribution in [-0.4, -0.2) is 24.0 Å². The van der Waals surface area contributed by atoms with Gasteiger partial charge in [-0.1, -0.05) is 6.07 Å². The molecule has 0 aliphatic carbocycles. The van der Waals surface area contributed by atoms with Crippen molar-refractivity contribution >= 4 is 17.4 Å². The smallest absolute Gasteiger partial charge is 0.128 e. The summed E-state index contributed by atoms with van der Waals surface area (Å²) in [5.74, 6) is 1.02. The molecule has 0 aliphatic rings. The average molecular weight is 213 g/mol. The number of halogens is 1. The minimum atomic E-state index is 0.224. The molecule has 0 saturated heterocycles. The van der Waals surface area contributed by atoms with E-state index in [1.54, 1.807) is 0 Å². The van der Waals surface area contributed by atoms with Gasteiger partial charge >= 0.3 is 0 Å². The monoisotopic (exact) mass is 212 g/mol. The second-order valence-corrected chi connectivity index (χ2v) is 4.37. The number of hydrogen-bond donors (Lipinski definition) is 0. The zero-order valence-electron chi connectivity index (χ0n) is 9.00. The lowest BCUT2D eigenvalue weighted by molar-refractivity contribution is 0.764. The minimum Gasteiger partial charge on any atom is -0.360 e. The zero-order chi connectivity index (χ0) is 10.6.